The van der Waals surface area contributed by atoms with Gasteiger partial charge in [0.15, 0.2) is 0 Å². The third-order valence-corrected chi connectivity index (χ3v) is 4.71. The first kappa shape index (κ1) is 15.3. The lowest BCUT2D eigenvalue weighted by Crippen LogP contribution is -1.93. The van der Waals surface area contributed by atoms with Crippen LogP contribution in [-0.4, -0.2) is 10.2 Å². The Morgan fingerprint density at radius 2 is 1.59 bits per heavy atom. The predicted octanol–water partition coefficient (Wildman–Crippen LogP) is 5.64. The van der Waals surface area contributed by atoms with Crippen LogP contribution < -0.4 is 4.72 Å². The molecule has 0 spiro atoms. The highest BCUT2D eigenvalue weighted by Gasteiger charge is 2.17. The third kappa shape index (κ3) is 2.59. The number of anilines is 1. The highest BCUT2D eigenvalue weighted by Crippen LogP contribution is 2.44. The fourth-order valence-corrected chi connectivity index (χ4v) is 3.70. The Labute approximate surface area is 145 Å². The molecular formula is C17H14INO2S. The summed E-state index contributed by atoms with van der Waals surface area (Å²) in [5.74, 6) is 0.324. The van der Waals surface area contributed by atoms with E-state index in [0.717, 1.165) is 22.0 Å². The van der Waals surface area contributed by atoms with Gasteiger partial charge < -0.3 is 14.9 Å². The first-order valence-electron chi connectivity index (χ1n) is 6.70. The lowest BCUT2D eigenvalue weighted by molar-refractivity contribution is 0.469. The van der Waals surface area contributed by atoms with E-state index in [9.17, 15) is 10.2 Å². The van der Waals surface area contributed by atoms with Gasteiger partial charge in [-0.25, -0.2) is 0 Å². The van der Waals surface area contributed by atoms with E-state index in [-0.39, 0.29) is 11.5 Å². The van der Waals surface area contributed by atoms with E-state index >= 15 is 0 Å². The van der Waals surface area contributed by atoms with Gasteiger partial charge in [0.2, 0.25) is 0 Å². The first-order valence-corrected chi connectivity index (χ1v) is 10.1. The summed E-state index contributed by atoms with van der Waals surface area (Å²) in [6, 6.07) is 14.9. The third-order valence-electron chi connectivity index (χ3n) is 3.75. The summed E-state index contributed by atoms with van der Waals surface area (Å²) >= 11 is 2.16. The molecule has 0 aliphatic rings. The summed E-state index contributed by atoms with van der Waals surface area (Å²) in [5.41, 5.74) is 3.13. The van der Waals surface area contributed by atoms with Crippen LogP contribution in [0, 0.1) is 6.92 Å². The van der Waals surface area contributed by atoms with Crippen molar-refractivity contribution in [3.05, 3.63) is 54.1 Å². The van der Waals surface area contributed by atoms with Crippen molar-refractivity contribution in [1.29, 1.82) is 0 Å². The zero-order chi connectivity index (χ0) is 15.7. The Balaban J connectivity index is 2.37. The van der Waals surface area contributed by atoms with E-state index in [1.165, 1.54) is 9.12 Å². The summed E-state index contributed by atoms with van der Waals surface area (Å²) in [6.45, 7) is 1.94. The number of phenols is 2. The Bertz CT molecular complexity index is 851. The molecule has 0 heterocycles. The van der Waals surface area contributed by atoms with Crippen LogP contribution in [0.5, 0.6) is 11.5 Å². The number of nitrogens with one attached hydrogen (secondary N) is 1. The van der Waals surface area contributed by atoms with Crippen molar-refractivity contribution in [2.24, 2.45) is 0 Å². The molecule has 0 bridgehead atoms. The van der Waals surface area contributed by atoms with Crippen molar-refractivity contribution in [2.75, 3.05) is 4.72 Å². The monoisotopic (exact) mass is 423 g/mol. The highest BCUT2D eigenvalue weighted by molar-refractivity contribution is 14.2. The van der Waals surface area contributed by atoms with Crippen LogP contribution in [0.1, 0.15) is 5.56 Å². The van der Waals surface area contributed by atoms with Gasteiger partial charge in [-0.1, -0.05) is 30.3 Å². The summed E-state index contributed by atoms with van der Waals surface area (Å²) in [6.07, 6.45) is 0. The molecule has 0 fully saturated rings. The summed E-state index contributed by atoms with van der Waals surface area (Å²) in [4.78, 5) is 0. The maximum Gasteiger partial charge on any atom is 0.124 e. The van der Waals surface area contributed by atoms with E-state index in [2.05, 4.69) is 25.9 Å². The quantitative estimate of drug-likeness (QED) is 0.290. The van der Waals surface area contributed by atoms with E-state index in [1.54, 1.807) is 12.1 Å². The second-order valence-corrected chi connectivity index (χ2v) is 6.67. The van der Waals surface area contributed by atoms with Crippen LogP contribution in [0.25, 0.3) is 21.9 Å². The Hall–Kier alpha value is -1.60. The molecule has 22 heavy (non-hydrogen) atoms. The minimum Gasteiger partial charge on any atom is -0.507 e. The fourth-order valence-electron chi connectivity index (χ4n) is 2.69. The molecule has 0 radical (unpaired) electrons. The molecule has 3 N–H and O–H groups in total. The van der Waals surface area contributed by atoms with Gasteiger partial charge in [0, 0.05) is 47.1 Å². The molecule has 3 nitrogen and oxygen atoms in total. The lowest BCUT2D eigenvalue weighted by Gasteiger charge is -2.16. The van der Waals surface area contributed by atoms with Crippen molar-refractivity contribution in [2.45, 2.75) is 6.92 Å². The summed E-state index contributed by atoms with van der Waals surface area (Å²) in [5, 5.41) is 22.7. The number of phenolic OH excluding ortho intramolecular Hbond substituents is 2. The zero-order valence-corrected chi connectivity index (χ0v) is 14.8. The number of fused-ring (bicyclic) bond motifs is 1. The van der Waals surface area contributed by atoms with Gasteiger partial charge in [-0.15, -0.1) is 0 Å². The number of hydrogen-bond donors (Lipinski definition) is 3. The van der Waals surface area contributed by atoms with Crippen LogP contribution >= 0.6 is 30.3 Å². The van der Waals surface area contributed by atoms with Gasteiger partial charge in [0.05, 0.1) is 0 Å². The van der Waals surface area contributed by atoms with Crippen molar-refractivity contribution >= 4 is 46.8 Å². The van der Waals surface area contributed by atoms with Gasteiger partial charge in [-0.2, -0.15) is 0 Å². The highest BCUT2D eigenvalue weighted by atomic mass is 127. The topological polar surface area (TPSA) is 52.5 Å². The maximum atomic E-state index is 10.4. The van der Waals surface area contributed by atoms with Crippen LogP contribution in [0.15, 0.2) is 48.5 Å². The van der Waals surface area contributed by atoms with Gasteiger partial charge in [0.25, 0.3) is 0 Å². The van der Waals surface area contributed by atoms with Crippen LogP contribution in [0.3, 0.4) is 0 Å². The van der Waals surface area contributed by atoms with E-state index in [4.69, 9.17) is 0 Å². The SMILES string of the molecule is Cc1c(NSI)ccc(O)c1-c1c(O)ccc2ccccc12. The van der Waals surface area contributed by atoms with Crippen molar-refractivity contribution < 1.29 is 10.2 Å². The van der Waals surface area contributed by atoms with Crippen molar-refractivity contribution in [3.8, 4) is 22.6 Å². The largest absolute Gasteiger partial charge is 0.507 e. The molecule has 5 heteroatoms. The average molecular weight is 423 g/mol. The fraction of sp³-hybridized carbons (Fsp3) is 0.0588. The molecule has 0 amide bonds. The number of rotatable bonds is 3. The smallest absolute Gasteiger partial charge is 0.124 e. The molecule has 0 saturated heterocycles. The van der Waals surface area contributed by atoms with Crippen LogP contribution in [-0.2, 0) is 0 Å². The molecule has 0 aliphatic carbocycles. The molecule has 0 atom stereocenters. The number of hydrogen-bond acceptors (Lipinski definition) is 4. The molecule has 3 aromatic rings. The number of benzene rings is 3. The van der Waals surface area contributed by atoms with Gasteiger partial charge >= 0.3 is 0 Å². The number of halogens is 1. The number of aromatic hydroxyl groups is 2. The van der Waals surface area contributed by atoms with Crippen LogP contribution in [0.2, 0.25) is 0 Å². The molecule has 112 valence electrons. The minimum absolute atomic E-state index is 0.160. The lowest BCUT2D eigenvalue weighted by atomic mass is 9.92. The molecule has 3 aromatic carbocycles. The Morgan fingerprint density at radius 3 is 2.36 bits per heavy atom. The molecule has 0 saturated carbocycles. The molecule has 0 aliphatic heterocycles. The van der Waals surface area contributed by atoms with E-state index < -0.39 is 0 Å². The molecule has 0 aromatic heterocycles. The van der Waals surface area contributed by atoms with E-state index in [1.807, 2.05) is 43.3 Å². The average Bonchev–Trinajstić information content (AvgIpc) is 2.52. The second kappa shape index (κ2) is 6.26. The Kier molecular flexibility index (Phi) is 4.35. The summed E-state index contributed by atoms with van der Waals surface area (Å²) in [7, 11) is 1.46. The van der Waals surface area contributed by atoms with Crippen LogP contribution in [0.4, 0.5) is 5.69 Å². The zero-order valence-electron chi connectivity index (χ0n) is 11.8. The first-order chi connectivity index (χ1) is 10.6. The second-order valence-electron chi connectivity index (χ2n) is 4.99. The van der Waals surface area contributed by atoms with Gasteiger partial charge in [-0.3, -0.25) is 0 Å². The Morgan fingerprint density at radius 1 is 0.909 bits per heavy atom. The molecular weight excluding hydrogens is 409 g/mol. The van der Waals surface area contributed by atoms with E-state index in [0.29, 0.717) is 11.1 Å². The standard InChI is InChI=1S/C17H14INO2S/c1-10-13(19-22-18)7-9-14(20)16(10)17-12-5-3-2-4-11(12)6-8-15(17)21/h2-9,19-21H,1H3. The van der Waals surface area contributed by atoms with Gasteiger partial charge in [0.1, 0.15) is 11.5 Å². The molecule has 3 rings (SSSR count). The van der Waals surface area contributed by atoms with Crippen molar-refractivity contribution in [3.63, 3.8) is 0 Å². The van der Waals surface area contributed by atoms with Gasteiger partial charge in [-0.05, 0) is 41.5 Å². The predicted molar refractivity (Wildman–Crippen MR) is 103 cm³/mol. The minimum atomic E-state index is 0.160. The maximum absolute atomic E-state index is 10.4. The molecule has 0 unspecified atom stereocenters. The normalized spacial score (nSPS) is 10.8. The van der Waals surface area contributed by atoms with Crippen molar-refractivity contribution in [1.82, 2.24) is 0 Å². The summed E-state index contributed by atoms with van der Waals surface area (Å²) < 4.78 is 3.19.